The first-order valence-corrected chi connectivity index (χ1v) is 10.6. The summed E-state index contributed by atoms with van der Waals surface area (Å²) in [6.07, 6.45) is 0. The third-order valence-electron chi connectivity index (χ3n) is 5.40. The Morgan fingerprint density at radius 3 is 2.33 bits per heavy atom. The zero-order valence-electron chi connectivity index (χ0n) is 18.7. The van der Waals surface area contributed by atoms with Gasteiger partial charge in [-0.25, -0.2) is 4.39 Å². The van der Waals surface area contributed by atoms with Gasteiger partial charge in [0.05, 0.1) is 6.04 Å². The number of aryl methyl sites for hydroxylation is 1. The number of hydrogen-bond acceptors (Lipinski definition) is 5. The number of aromatic nitrogens is 2. The summed E-state index contributed by atoms with van der Waals surface area (Å²) >= 11 is 0. The molecule has 0 radical (unpaired) electrons. The molecule has 0 saturated carbocycles. The highest BCUT2D eigenvalue weighted by molar-refractivity contribution is 5.94. The van der Waals surface area contributed by atoms with Crippen molar-refractivity contribution in [3.05, 3.63) is 95.3 Å². The van der Waals surface area contributed by atoms with Gasteiger partial charge in [0.2, 0.25) is 11.8 Å². The van der Waals surface area contributed by atoms with Crippen LogP contribution in [0, 0.1) is 12.7 Å². The third-order valence-corrected chi connectivity index (χ3v) is 5.40. The second-order valence-corrected chi connectivity index (χ2v) is 8.10. The van der Waals surface area contributed by atoms with E-state index >= 15 is 0 Å². The third kappa shape index (κ3) is 5.32. The smallest absolute Gasteiger partial charge is 0.251 e. The van der Waals surface area contributed by atoms with Crippen LogP contribution in [0.1, 0.15) is 27.5 Å². The fourth-order valence-corrected chi connectivity index (χ4v) is 3.60. The van der Waals surface area contributed by atoms with Gasteiger partial charge in [0.1, 0.15) is 5.82 Å². The Balaban J connectivity index is 1.43. The number of likely N-dealkylation sites (N-methyl/N-ethyl adjacent to an activating group) is 1. The van der Waals surface area contributed by atoms with Gasteiger partial charge < -0.3 is 14.6 Å². The van der Waals surface area contributed by atoms with Crippen LogP contribution in [0.2, 0.25) is 0 Å². The molecule has 3 aromatic carbocycles. The number of carbonyl (C=O) groups is 1. The molecule has 7 heteroatoms. The molecule has 1 heterocycles. The van der Waals surface area contributed by atoms with E-state index < -0.39 is 0 Å². The number of halogens is 1. The predicted molar refractivity (Wildman–Crippen MR) is 125 cm³/mol. The molecular weight excluding hydrogens is 419 g/mol. The highest BCUT2D eigenvalue weighted by Gasteiger charge is 2.17. The molecule has 0 fully saturated rings. The number of nitrogens with zero attached hydrogens (tertiary/aromatic N) is 3. The normalized spacial score (nSPS) is 12.0. The molecule has 0 aliphatic heterocycles. The van der Waals surface area contributed by atoms with Crippen molar-refractivity contribution in [2.75, 3.05) is 20.6 Å². The van der Waals surface area contributed by atoms with Gasteiger partial charge in [-0.2, -0.15) is 0 Å². The van der Waals surface area contributed by atoms with E-state index in [9.17, 15) is 9.18 Å². The SMILES string of the molecule is Cc1cccc(-c2nnc(-c3ccc(C(=O)NCC(c4cccc(F)c4)N(C)C)cc3)o2)c1. The lowest BCUT2D eigenvalue weighted by Gasteiger charge is -2.25. The van der Waals surface area contributed by atoms with E-state index in [1.807, 2.05) is 56.3 Å². The number of rotatable bonds is 7. The zero-order chi connectivity index (χ0) is 23.4. The van der Waals surface area contributed by atoms with Crippen molar-refractivity contribution in [1.82, 2.24) is 20.4 Å². The molecule has 1 atom stereocenters. The van der Waals surface area contributed by atoms with Crippen LogP contribution in [-0.2, 0) is 0 Å². The summed E-state index contributed by atoms with van der Waals surface area (Å²) in [5.74, 6) is 0.323. The van der Waals surface area contributed by atoms with Gasteiger partial charge in [-0.15, -0.1) is 10.2 Å². The Hall–Kier alpha value is -3.84. The maximum Gasteiger partial charge on any atom is 0.251 e. The van der Waals surface area contributed by atoms with E-state index in [-0.39, 0.29) is 17.8 Å². The minimum Gasteiger partial charge on any atom is -0.416 e. The van der Waals surface area contributed by atoms with Crippen LogP contribution in [0.25, 0.3) is 22.9 Å². The number of hydrogen-bond donors (Lipinski definition) is 1. The molecule has 0 aliphatic carbocycles. The molecule has 33 heavy (non-hydrogen) atoms. The highest BCUT2D eigenvalue weighted by atomic mass is 19.1. The van der Waals surface area contributed by atoms with Crippen LogP contribution in [-0.4, -0.2) is 41.6 Å². The molecule has 1 amide bonds. The summed E-state index contributed by atoms with van der Waals surface area (Å²) < 4.78 is 19.4. The Kier molecular flexibility index (Phi) is 6.60. The maximum atomic E-state index is 13.6. The van der Waals surface area contributed by atoms with Crippen molar-refractivity contribution in [2.24, 2.45) is 0 Å². The summed E-state index contributed by atoms with van der Waals surface area (Å²) in [4.78, 5) is 14.6. The molecule has 0 saturated heterocycles. The largest absolute Gasteiger partial charge is 0.416 e. The van der Waals surface area contributed by atoms with Gasteiger partial charge in [0.15, 0.2) is 0 Å². The molecule has 6 nitrogen and oxygen atoms in total. The fraction of sp³-hybridized carbons (Fsp3) is 0.192. The number of amides is 1. The Morgan fingerprint density at radius 2 is 1.67 bits per heavy atom. The van der Waals surface area contributed by atoms with E-state index in [0.717, 1.165) is 22.3 Å². The lowest BCUT2D eigenvalue weighted by atomic mass is 10.1. The standard InChI is InChI=1S/C26H25FN4O2/c1-17-6-4-8-21(14-17)26-30-29-25(33-26)19-12-10-18(11-13-19)24(32)28-16-23(31(2)3)20-7-5-9-22(27)15-20/h4-15,23H,16H2,1-3H3,(H,28,32). The van der Waals surface area contributed by atoms with Crippen LogP contribution in [0.15, 0.2) is 77.2 Å². The van der Waals surface area contributed by atoms with Crippen molar-refractivity contribution in [1.29, 1.82) is 0 Å². The average molecular weight is 445 g/mol. The molecule has 168 valence electrons. The molecule has 0 spiro atoms. The van der Waals surface area contributed by atoms with Crippen molar-refractivity contribution in [2.45, 2.75) is 13.0 Å². The maximum absolute atomic E-state index is 13.6. The Morgan fingerprint density at radius 1 is 0.970 bits per heavy atom. The molecule has 1 N–H and O–H groups in total. The van der Waals surface area contributed by atoms with Crippen molar-refractivity contribution in [3.63, 3.8) is 0 Å². The second-order valence-electron chi connectivity index (χ2n) is 8.10. The summed E-state index contributed by atoms with van der Waals surface area (Å²) in [7, 11) is 3.79. The number of benzene rings is 3. The monoisotopic (exact) mass is 444 g/mol. The van der Waals surface area contributed by atoms with Crippen LogP contribution >= 0.6 is 0 Å². The molecule has 0 aliphatic rings. The van der Waals surface area contributed by atoms with E-state index in [4.69, 9.17) is 4.42 Å². The Bertz CT molecular complexity index is 1250. The summed E-state index contributed by atoms with van der Waals surface area (Å²) in [6.45, 7) is 2.35. The quantitative estimate of drug-likeness (QED) is 0.440. The van der Waals surface area contributed by atoms with Crippen LogP contribution in [0.5, 0.6) is 0 Å². The van der Waals surface area contributed by atoms with E-state index in [2.05, 4.69) is 15.5 Å². The molecule has 1 unspecified atom stereocenters. The first kappa shape index (κ1) is 22.4. The van der Waals surface area contributed by atoms with Crippen molar-refractivity contribution in [3.8, 4) is 22.9 Å². The van der Waals surface area contributed by atoms with Crippen molar-refractivity contribution < 1.29 is 13.6 Å². The van der Waals surface area contributed by atoms with Gasteiger partial charge in [0.25, 0.3) is 5.91 Å². The molecule has 0 bridgehead atoms. The lowest BCUT2D eigenvalue weighted by Crippen LogP contribution is -2.34. The topological polar surface area (TPSA) is 71.3 Å². The highest BCUT2D eigenvalue weighted by Crippen LogP contribution is 2.25. The summed E-state index contributed by atoms with van der Waals surface area (Å²) in [6, 6.07) is 21.1. The predicted octanol–water partition coefficient (Wildman–Crippen LogP) is 4.88. The average Bonchev–Trinajstić information content (AvgIpc) is 3.29. The van der Waals surface area contributed by atoms with Gasteiger partial charge in [-0.3, -0.25) is 4.79 Å². The van der Waals surface area contributed by atoms with E-state index in [1.54, 1.807) is 30.3 Å². The van der Waals surface area contributed by atoms with Gasteiger partial charge >= 0.3 is 0 Å². The van der Waals surface area contributed by atoms with Gasteiger partial charge in [0, 0.05) is 23.2 Å². The summed E-state index contributed by atoms with van der Waals surface area (Å²) in [5, 5.41) is 11.2. The van der Waals surface area contributed by atoms with Crippen LogP contribution in [0.3, 0.4) is 0 Å². The first-order valence-electron chi connectivity index (χ1n) is 10.6. The molecule has 4 rings (SSSR count). The number of carbonyl (C=O) groups excluding carboxylic acids is 1. The second kappa shape index (κ2) is 9.75. The first-order chi connectivity index (χ1) is 15.9. The minimum atomic E-state index is -0.298. The fourth-order valence-electron chi connectivity index (χ4n) is 3.60. The van der Waals surface area contributed by atoms with Gasteiger partial charge in [-0.05, 0) is 75.1 Å². The lowest BCUT2D eigenvalue weighted by molar-refractivity contribution is 0.0942. The van der Waals surface area contributed by atoms with E-state index in [0.29, 0.717) is 23.9 Å². The number of nitrogens with one attached hydrogen (secondary N) is 1. The van der Waals surface area contributed by atoms with E-state index in [1.165, 1.54) is 12.1 Å². The van der Waals surface area contributed by atoms with Crippen LogP contribution in [0.4, 0.5) is 4.39 Å². The Labute approximate surface area is 192 Å². The van der Waals surface area contributed by atoms with Gasteiger partial charge in [-0.1, -0.05) is 29.8 Å². The molecule has 4 aromatic rings. The minimum absolute atomic E-state index is 0.151. The molecule has 1 aromatic heterocycles. The summed E-state index contributed by atoms with van der Waals surface area (Å²) in [5.41, 5.74) is 4.00. The zero-order valence-corrected chi connectivity index (χ0v) is 18.7. The molecular formula is C26H25FN4O2. The van der Waals surface area contributed by atoms with Crippen molar-refractivity contribution >= 4 is 5.91 Å². The van der Waals surface area contributed by atoms with Crippen LogP contribution < -0.4 is 5.32 Å².